The predicted octanol–water partition coefficient (Wildman–Crippen LogP) is 4.43. The van der Waals surface area contributed by atoms with Gasteiger partial charge >= 0.3 is 6.03 Å². The summed E-state index contributed by atoms with van der Waals surface area (Å²) in [6.45, 7) is 2.23. The standard InChI is InChI=1S/C26H25ClN4O4S/c27-23-9-8-22(36-23)24(33)28-21-7-2-6-19-20(21)16-30(25(19)34)15-17-4-1-5-18(14-17)31-11-3-10-29(12-13-32)26(31)35/h1-2,4-9,14,32H,3,10-13,15-16H2,(H,28,33). The number of fused-ring (bicyclic) bond motifs is 1. The van der Waals surface area contributed by atoms with Gasteiger partial charge in [-0.25, -0.2) is 4.79 Å². The quantitative estimate of drug-likeness (QED) is 0.478. The van der Waals surface area contributed by atoms with E-state index < -0.39 is 0 Å². The van der Waals surface area contributed by atoms with Crippen LogP contribution in [0.25, 0.3) is 0 Å². The third kappa shape index (κ3) is 4.82. The summed E-state index contributed by atoms with van der Waals surface area (Å²) < 4.78 is 0.536. The highest BCUT2D eigenvalue weighted by molar-refractivity contribution is 7.18. The average Bonchev–Trinajstić information content (AvgIpc) is 3.45. The van der Waals surface area contributed by atoms with Crippen molar-refractivity contribution in [3.63, 3.8) is 0 Å². The number of β-amino-alcohol motifs (C(OH)–C–C–N with tert-alkyl or cyclic N) is 1. The van der Waals surface area contributed by atoms with E-state index in [4.69, 9.17) is 11.6 Å². The summed E-state index contributed by atoms with van der Waals surface area (Å²) in [4.78, 5) is 44.3. The van der Waals surface area contributed by atoms with E-state index in [2.05, 4.69) is 5.32 Å². The lowest BCUT2D eigenvalue weighted by molar-refractivity contribution is 0.0766. The molecule has 1 fully saturated rings. The molecule has 0 saturated carbocycles. The summed E-state index contributed by atoms with van der Waals surface area (Å²) in [7, 11) is 0. The summed E-state index contributed by atoms with van der Waals surface area (Å²) in [5.41, 5.74) is 3.63. The number of urea groups is 1. The van der Waals surface area contributed by atoms with Crippen molar-refractivity contribution in [3.8, 4) is 0 Å². The van der Waals surface area contributed by atoms with Crippen LogP contribution in [-0.2, 0) is 13.1 Å². The van der Waals surface area contributed by atoms with Crippen molar-refractivity contribution in [2.45, 2.75) is 19.5 Å². The lowest BCUT2D eigenvalue weighted by Crippen LogP contribution is -2.50. The maximum atomic E-state index is 13.2. The summed E-state index contributed by atoms with van der Waals surface area (Å²) in [5, 5.41) is 12.2. The Morgan fingerprint density at radius 3 is 2.67 bits per heavy atom. The molecule has 0 bridgehead atoms. The summed E-state index contributed by atoms with van der Waals surface area (Å²) >= 11 is 7.16. The Kier molecular flexibility index (Phi) is 6.95. The zero-order valence-corrected chi connectivity index (χ0v) is 21.0. The van der Waals surface area contributed by atoms with Gasteiger partial charge in [0, 0.05) is 55.2 Å². The number of benzene rings is 2. The highest BCUT2D eigenvalue weighted by Crippen LogP contribution is 2.32. The number of aliphatic hydroxyl groups is 1. The molecule has 0 unspecified atom stereocenters. The number of hydrogen-bond donors (Lipinski definition) is 2. The van der Waals surface area contributed by atoms with Crippen LogP contribution in [0.15, 0.2) is 54.6 Å². The molecule has 0 aliphatic carbocycles. The third-order valence-electron chi connectivity index (χ3n) is 6.36. The van der Waals surface area contributed by atoms with Crippen molar-refractivity contribution in [3.05, 3.63) is 80.5 Å². The lowest BCUT2D eigenvalue weighted by Gasteiger charge is -2.35. The lowest BCUT2D eigenvalue weighted by atomic mass is 10.1. The first kappa shape index (κ1) is 24.3. The molecule has 3 aromatic rings. The molecule has 0 spiro atoms. The number of carbonyl (C=O) groups is 3. The predicted molar refractivity (Wildman–Crippen MR) is 140 cm³/mol. The molecule has 1 aromatic heterocycles. The van der Waals surface area contributed by atoms with E-state index >= 15 is 0 Å². The fourth-order valence-corrected chi connectivity index (χ4v) is 5.59. The van der Waals surface area contributed by atoms with Crippen LogP contribution in [0.5, 0.6) is 0 Å². The van der Waals surface area contributed by atoms with Crippen LogP contribution in [0.3, 0.4) is 0 Å². The van der Waals surface area contributed by atoms with Gasteiger partial charge in [0.25, 0.3) is 11.8 Å². The molecule has 2 aliphatic heterocycles. The smallest absolute Gasteiger partial charge is 0.324 e. The minimum absolute atomic E-state index is 0.0687. The van der Waals surface area contributed by atoms with E-state index in [1.165, 1.54) is 11.3 Å². The van der Waals surface area contributed by atoms with E-state index in [-0.39, 0.29) is 24.5 Å². The van der Waals surface area contributed by atoms with Crippen LogP contribution in [-0.4, -0.2) is 59.0 Å². The van der Waals surface area contributed by atoms with Gasteiger partial charge in [0.2, 0.25) is 0 Å². The van der Waals surface area contributed by atoms with Crippen molar-refractivity contribution < 1.29 is 19.5 Å². The molecule has 8 nitrogen and oxygen atoms in total. The van der Waals surface area contributed by atoms with E-state index in [0.717, 1.165) is 23.2 Å². The minimum Gasteiger partial charge on any atom is -0.395 e. The molecular weight excluding hydrogens is 500 g/mol. The van der Waals surface area contributed by atoms with Gasteiger partial charge in [-0.05, 0) is 48.4 Å². The van der Waals surface area contributed by atoms with E-state index in [1.807, 2.05) is 24.3 Å². The number of anilines is 2. The van der Waals surface area contributed by atoms with Crippen molar-refractivity contribution in [1.82, 2.24) is 9.80 Å². The molecule has 0 atom stereocenters. The van der Waals surface area contributed by atoms with Crippen molar-refractivity contribution in [2.24, 2.45) is 0 Å². The van der Waals surface area contributed by atoms with Crippen LogP contribution in [0.1, 0.15) is 37.6 Å². The largest absolute Gasteiger partial charge is 0.395 e. The number of nitrogens with zero attached hydrogens (tertiary/aromatic N) is 3. The molecule has 1 saturated heterocycles. The minimum atomic E-state index is -0.264. The molecule has 2 aromatic carbocycles. The van der Waals surface area contributed by atoms with Crippen molar-refractivity contribution >= 4 is 52.2 Å². The molecule has 2 aliphatic rings. The molecule has 5 rings (SSSR count). The number of rotatable bonds is 7. The van der Waals surface area contributed by atoms with Gasteiger partial charge in [0.05, 0.1) is 15.8 Å². The number of halogens is 1. The van der Waals surface area contributed by atoms with Gasteiger partial charge < -0.3 is 20.2 Å². The average molecular weight is 525 g/mol. The number of amides is 4. The highest BCUT2D eigenvalue weighted by atomic mass is 35.5. The number of carbonyl (C=O) groups excluding carboxylic acids is 3. The second kappa shape index (κ2) is 10.3. The number of nitrogens with one attached hydrogen (secondary N) is 1. The monoisotopic (exact) mass is 524 g/mol. The molecule has 10 heteroatoms. The Hall–Kier alpha value is -3.40. The zero-order valence-electron chi connectivity index (χ0n) is 19.4. The Balaban J connectivity index is 1.31. The number of hydrogen-bond acceptors (Lipinski definition) is 5. The van der Waals surface area contributed by atoms with Crippen LogP contribution < -0.4 is 10.2 Å². The molecule has 36 heavy (non-hydrogen) atoms. The summed E-state index contributed by atoms with van der Waals surface area (Å²) in [6, 6.07) is 16.2. The van der Waals surface area contributed by atoms with E-state index in [0.29, 0.717) is 53.2 Å². The van der Waals surface area contributed by atoms with Crippen molar-refractivity contribution in [2.75, 3.05) is 36.5 Å². The molecule has 0 radical (unpaired) electrons. The van der Waals surface area contributed by atoms with Crippen LogP contribution in [0.2, 0.25) is 4.34 Å². The Morgan fingerprint density at radius 2 is 1.89 bits per heavy atom. The van der Waals surface area contributed by atoms with Gasteiger partial charge in [-0.1, -0.05) is 29.8 Å². The Bertz CT molecular complexity index is 1320. The third-order valence-corrected chi connectivity index (χ3v) is 7.59. The number of aliphatic hydroxyl groups excluding tert-OH is 1. The maximum Gasteiger partial charge on any atom is 0.324 e. The highest BCUT2D eigenvalue weighted by Gasteiger charge is 2.31. The topological polar surface area (TPSA) is 93.2 Å². The summed E-state index contributed by atoms with van der Waals surface area (Å²) in [5.74, 6) is -0.366. The second-order valence-corrected chi connectivity index (χ2v) is 10.4. The second-order valence-electron chi connectivity index (χ2n) is 8.72. The molecule has 2 N–H and O–H groups in total. The van der Waals surface area contributed by atoms with Gasteiger partial charge in [-0.2, -0.15) is 0 Å². The van der Waals surface area contributed by atoms with E-state index in [1.54, 1.807) is 45.0 Å². The van der Waals surface area contributed by atoms with Crippen LogP contribution >= 0.6 is 22.9 Å². The first-order valence-corrected chi connectivity index (χ1v) is 12.9. The molecule has 3 heterocycles. The van der Waals surface area contributed by atoms with Crippen LogP contribution in [0.4, 0.5) is 16.2 Å². The maximum absolute atomic E-state index is 13.2. The fraction of sp³-hybridized carbons (Fsp3) is 0.269. The SMILES string of the molecule is O=C(Nc1cccc2c1CN(Cc1cccc(N3CCCN(CCO)C3=O)c1)C2=O)c1ccc(Cl)s1. The van der Waals surface area contributed by atoms with Gasteiger partial charge in [0.15, 0.2) is 0 Å². The molecule has 186 valence electrons. The first-order chi connectivity index (χ1) is 17.4. The fourth-order valence-electron chi connectivity index (χ4n) is 4.65. The van der Waals surface area contributed by atoms with Crippen molar-refractivity contribution in [1.29, 1.82) is 0 Å². The first-order valence-electron chi connectivity index (χ1n) is 11.7. The zero-order chi connectivity index (χ0) is 25.2. The number of thiophene rings is 1. The van der Waals surface area contributed by atoms with Gasteiger partial charge in [0.1, 0.15) is 0 Å². The normalized spacial score (nSPS) is 15.4. The van der Waals surface area contributed by atoms with Gasteiger partial charge in [-0.15, -0.1) is 11.3 Å². The van der Waals surface area contributed by atoms with Gasteiger partial charge in [-0.3, -0.25) is 14.5 Å². The van der Waals surface area contributed by atoms with E-state index in [9.17, 15) is 19.5 Å². The molecule has 4 amide bonds. The van der Waals surface area contributed by atoms with Crippen LogP contribution in [0, 0.1) is 0 Å². The molecular formula is C26H25ClN4O4S. The Labute approximate surface area is 217 Å². The summed E-state index contributed by atoms with van der Waals surface area (Å²) in [6.07, 6.45) is 0.821. The Morgan fingerprint density at radius 1 is 1.06 bits per heavy atom.